The first kappa shape index (κ1) is 8.90. The molecule has 12 heavy (non-hydrogen) atoms. The van der Waals surface area contributed by atoms with Gasteiger partial charge in [-0.05, 0) is 0 Å². The van der Waals surface area contributed by atoms with Gasteiger partial charge < -0.3 is 5.11 Å². The van der Waals surface area contributed by atoms with Crippen LogP contribution < -0.4 is 0 Å². The molecule has 0 saturated heterocycles. The fourth-order valence-electron chi connectivity index (χ4n) is 1.21. The van der Waals surface area contributed by atoms with Crippen LogP contribution in [0.4, 0.5) is 8.78 Å². The minimum absolute atomic E-state index is 0.0605. The molecule has 1 N–H and O–H groups in total. The van der Waals surface area contributed by atoms with Gasteiger partial charge in [0, 0.05) is 23.5 Å². The Kier molecular flexibility index (Phi) is 2.26. The van der Waals surface area contributed by atoms with Crippen molar-refractivity contribution in [3.05, 3.63) is 23.3 Å². The molecule has 0 radical (unpaired) electrons. The van der Waals surface area contributed by atoms with Crippen LogP contribution in [0.1, 0.15) is 13.3 Å². The summed E-state index contributed by atoms with van der Waals surface area (Å²) >= 11 is 0. The fourth-order valence-corrected chi connectivity index (χ4v) is 1.21. The molecule has 0 aromatic carbocycles. The quantitative estimate of drug-likeness (QED) is 0.661. The summed E-state index contributed by atoms with van der Waals surface area (Å²) in [7, 11) is 0. The largest absolute Gasteiger partial charge is 0.478 e. The predicted octanol–water partition coefficient (Wildman–Crippen LogP) is 2.19. The van der Waals surface area contributed by atoms with Crippen LogP contribution in [-0.2, 0) is 4.79 Å². The average Bonchev–Trinajstić information content (AvgIpc) is 2.30. The van der Waals surface area contributed by atoms with Crippen LogP contribution in [0.2, 0.25) is 0 Å². The zero-order valence-electron chi connectivity index (χ0n) is 6.47. The number of rotatable bonds is 1. The van der Waals surface area contributed by atoms with Crippen LogP contribution in [0.25, 0.3) is 0 Å². The molecular weight excluding hydrogens is 166 g/mol. The molecule has 0 fully saturated rings. The van der Waals surface area contributed by atoms with Gasteiger partial charge in [0.2, 0.25) is 0 Å². The molecule has 0 aromatic heterocycles. The molecular formula is C8H8F2O2. The maximum atomic E-state index is 12.1. The molecule has 4 heteroatoms. The summed E-state index contributed by atoms with van der Waals surface area (Å²) in [5, 5.41) is 8.49. The van der Waals surface area contributed by atoms with Gasteiger partial charge in [-0.2, -0.15) is 8.78 Å². The number of hydrogen-bond acceptors (Lipinski definition) is 1. The first-order valence-corrected chi connectivity index (χ1v) is 3.50. The maximum absolute atomic E-state index is 12.1. The molecule has 0 aliphatic heterocycles. The molecule has 0 unspecified atom stereocenters. The summed E-state index contributed by atoms with van der Waals surface area (Å²) in [5.41, 5.74) is -0.0160. The lowest BCUT2D eigenvalue weighted by atomic mass is 10.1. The van der Waals surface area contributed by atoms with E-state index in [1.54, 1.807) is 6.92 Å². The van der Waals surface area contributed by atoms with Gasteiger partial charge in [-0.15, -0.1) is 0 Å². The van der Waals surface area contributed by atoms with Crippen molar-refractivity contribution in [1.29, 1.82) is 0 Å². The highest BCUT2D eigenvalue weighted by molar-refractivity contribution is 5.88. The highest BCUT2D eigenvalue weighted by Crippen LogP contribution is 2.32. The second-order valence-corrected chi connectivity index (χ2v) is 2.75. The summed E-state index contributed by atoms with van der Waals surface area (Å²) in [6.07, 6.45) is -0.523. The third-order valence-electron chi connectivity index (χ3n) is 1.90. The van der Waals surface area contributed by atoms with Crippen LogP contribution in [0.5, 0.6) is 0 Å². The van der Waals surface area contributed by atoms with E-state index in [4.69, 9.17) is 5.11 Å². The lowest BCUT2D eigenvalue weighted by molar-refractivity contribution is -0.132. The van der Waals surface area contributed by atoms with Crippen molar-refractivity contribution in [3.63, 3.8) is 0 Å². The van der Waals surface area contributed by atoms with Gasteiger partial charge in [0.1, 0.15) is 0 Å². The normalized spacial score (nSPS) is 22.4. The lowest BCUT2D eigenvalue weighted by Crippen LogP contribution is -1.97. The van der Waals surface area contributed by atoms with Gasteiger partial charge in [-0.3, -0.25) is 0 Å². The van der Waals surface area contributed by atoms with E-state index in [1.807, 2.05) is 0 Å². The molecule has 1 aliphatic rings. The second-order valence-electron chi connectivity index (χ2n) is 2.75. The Morgan fingerprint density at radius 1 is 1.67 bits per heavy atom. The van der Waals surface area contributed by atoms with E-state index in [0.29, 0.717) is 0 Å². The Labute approximate surface area is 68.2 Å². The molecule has 1 aliphatic carbocycles. The maximum Gasteiger partial charge on any atom is 0.331 e. The molecule has 0 saturated carbocycles. The molecule has 0 aromatic rings. The van der Waals surface area contributed by atoms with Gasteiger partial charge in [-0.1, -0.05) is 13.0 Å². The van der Waals surface area contributed by atoms with E-state index in [-0.39, 0.29) is 17.6 Å². The van der Waals surface area contributed by atoms with Crippen molar-refractivity contribution in [1.82, 2.24) is 0 Å². The minimum Gasteiger partial charge on any atom is -0.478 e. The van der Waals surface area contributed by atoms with Crippen LogP contribution in [0, 0.1) is 5.92 Å². The number of aliphatic carboxylic acids is 1. The van der Waals surface area contributed by atoms with E-state index in [0.717, 1.165) is 0 Å². The van der Waals surface area contributed by atoms with Crippen molar-refractivity contribution in [2.24, 2.45) is 5.92 Å². The van der Waals surface area contributed by atoms with Crippen molar-refractivity contribution in [2.45, 2.75) is 13.3 Å². The summed E-state index contributed by atoms with van der Waals surface area (Å²) in [6, 6.07) is 0. The Bertz CT molecular complexity index is 275. The Morgan fingerprint density at radius 2 is 2.25 bits per heavy atom. The Morgan fingerprint density at radius 3 is 2.50 bits per heavy atom. The van der Waals surface area contributed by atoms with Crippen LogP contribution >= 0.6 is 0 Å². The topological polar surface area (TPSA) is 37.3 Å². The van der Waals surface area contributed by atoms with Gasteiger partial charge in [-0.25, -0.2) is 4.79 Å². The van der Waals surface area contributed by atoms with Crippen LogP contribution in [0.15, 0.2) is 23.3 Å². The van der Waals surface area contributed by atoms with Crippen molar-refractivity contribution in [2.75, 3.05) is 0 Å². The fraction of sp³-hybridized carbons (Fsp3) is 0.375. The molecule has 0 bridgehead atoms. The SMILES string of the molecule is C[C@H]1C=C(C(=O)O)CC1=C(F)F. The number of carboxylic acids is 1. The molecule has 1 rings (SSSR count). The van der Waals surface area contributed by atoms with Gasteiger partial charge in [0.05, 0.1) is 0 Å². The summed E-state index contributed by atoms with van der Waals surface area (Å²) in [4.78, 5) is 10.4. The number of carboxylic acid groups (broad SMARTS) is 1. The number of halogens is 2. The molecule has 0 heterocycles. The van der Waals surface area contributed by atoms with E-state index < -0.39 is 18.0 Å². The van der Waals surface area contributed by atoms with E-state index in [9.17, 15) is 13.6 Å². The van der Waals surface area contributed by atoms with Gasteiger partial charge >= 0.3 is 5.97 Å². The molecule has 1 atom stereocenters. The zero-order valence-corrected chi connectivity index (χ0v) is 6.47. The summed E-state index contributed by atoms with van der Waals surface area (Å²) < 4.78 is 24.2. The third-order valence-corrected chi connectivity index (χ3v) is 1.90. The Hall–Kier alpha value is -1.19. The van der Waals surface area contributed by atoms with Crippen molar-refractivity contribution in [3.8, 4) is 0 Å². The molecule has 66 valence electrons. The number of hydrogen-bond donors (Lipinski definition) is 1. The van der Waals surface area contributed by atoms with Gasteiger partial charge in [0.25, 0.3) is 6.08 Å². The average molecular weight is 174 g/mol. The highest BCUT2D eigenvalue weighted by Gasteiger charge is 2.25. The summed E-state index contributed by atoms with van der Waals surface area (Å²) in [5.74, 6) is -1.56. The van der Waals surface area contributed by atoms with Crippen LogP contribution in [-0.4, -0.2) is 11.1 Å². The first-order valence-electron chi connectivity index (χ1n) is 3.50. The smallest absolute Gasteiger partial charge is 0.331 e. The Balaban J connectivity index is 2.88. The summed E-state index contributed by atoms with van der Waals surface area (Å²) in [6.45, 7) is 1.56. The molecule has 0 spiro atoms. The highest BCUT2D eigenvalue weighted by atomic mass is 19.3. The third kappa shape index (κ3) is 1.52. The van der Waals surface area contributed by atoms with E-state index in [1.165, 1.54) is 6.08 Å². The number of allylic oxidation sites excluding steroid dienone is 2. The lowest BCUT2D eigenvalue weighted by Gasteiger charge is -1.99. The first-order chi connectivity index (χ1) is 5.52. The zero-order chi connectivity index (χ0) is 9.30. The van der Waals surface area contributed by atoms with Gasteiger partial charge in [0.15, 0.2) is 0 Å². The molecule has 0 amide bonds. The van der Waals surface area contributed by atoms with E-state index in [2.05, 4.69) is 0 Å². The standard InChI is InChI=1S/C8H8F2O2/c1-4-2-5(8(11)12)3-6(4)7(9)10/h2,4H,3H2,1H3,(H,11,12)/t4-/m0/s1. The van der Waals surface area contributed by atoms with E-state index >= 15 is 0 Å². The monoisotopic (exact) mass is 174 g/mol. The minimum atomic E-state index is -1.75. The molecule has 2 nitrogen and oxygen atoms in total. The predicted molar refractivity (Wildman–Crippen MR) is 38.7 cm³/mol. The van der Waals surface area contributed by atoms with Crippen molar-refractivity contribution < 1.29 is 18.7 Å². The van der Waals surface area contributed by atoms with Crippen molar-refractivity contribution >= 4 is 5.97 Å². The second kappa shape index (κ2) is 3.05. The number of carbonyl (C=O) groups is 1. The van der Waals surface area contributed by atoms with Crippen LogP contribution in [0.3, 0.4) is 0 Å².